The highest BCUT2D eigenvalue weighted by Crippen LogP contribution is 2.24. The lowest BCUT2D eigenvalue weighted by Gasteiger charge is -2.07. The van der Waals surface area contributed by atoms with Crippen LogP contribution in [0.25, 0.3) is 11.4 Å². The number of nitrogens with one attached hydrogen (secondary N) is 1. The van der Waals surface area contributed by atoms with Gasteiger partial charge in [-0.05, 0) is 31.7 Å². The van der Waals surface area contributed by atoms with Crippen LogP contribution in [0.15, 0.2) is 30.3 Å². The van der Waals surface area contributed by atoms with E-state index in [2.05, 4.69) is 22.2 Å². The van der Waals surface area contributed by atoms with E-state index in [1.54, 1.807) is 0 Å². The third-order valence-electron chi connectivity index (χ3n) is 2.58. The number of hydrogen-bond acceptors (Lipinski definition) is 3. The molecule has 0 aliphatic carbocycles. The molecule has 1 aromatic heterocycles. The highest BCUT2D eigenvalue weighted by molar-refractivity contribution is 6.33. The Morgan fingerprint density at radius 1 is 1.22 bits per heavy atom. The molecule has 1 heterocycles. The molecule has 18 heavy (non-hydrogen) atoms. The standard InChI is InChI=1S/C14H16ClN3/c1-3-16-9-11-8-10(2)17-14(18-11)12-6-4-5-7-13(12)15/h4-8,16H,3,9H2,1-2H3. The summed E-state index contributed by atoms with van der Waals surface area (Å²) < 4.78 is 0. The second kappa shape index (κ2) is 5.94. The minimum atomic E-state index is 0.678. The van der Waals surface area contributed by atoms with Crippen molar-refractivity contribution in [2.75, 3.05) is 6.54 Å². The number of halogens is 1. The van der Waals surface area contributed by atoms with Crippen molar-refractivity contribution in [1.82, 2.24) is 15.3 Å². The molecule has 4 heteroatoms. The Balaban J connectivity index is 2.39. The Labute approximate surface area is 112 Å². The summed E-state index contributed by atoms with van der Waals surface area (Å²) in [7, 11) is 0. The first-order valence-electron chi connectivity index (χ1n) is 6.01. The highest BCUT2D eigenvalue weighted by Gasteiger charge is 2.07. The van der Waals surface area contributed by atoms with E-state index in [1.165, 1.54) is 0 Å². The molecule has 0 fully saturated rings. The molecule has 1 aromatic carbocycles. The number of aromatic nitrogens is 2. The Kier molecular flexibility index (Phi) is 4.28. The predicted molar refractivity (Wildman–Crippen MR) is 74.6 cm³/mol. The number of nitrogens with zero attached hydrogens (tertiary/aromatic N) is 2. The summed E-state index contributed by atoms with van der Waals surface area (Å²) in [6, 6.07) is 9.63. The second-order valence-corrected chi connectivity index (χ2v) is 4.49. The van der Waals surface area contributed by atoms with E-state index in [1.807, 2.05) is 37.3 Å². The van der Waals surface area contributed by atoms with Gasteiger partial charge in [0.25, 0.3) is 0 Å². The minimum Gasteiger partial charge on any atom is -0.311 e. The van der Waals surface area contributed by atoms with Crippen molar-refractivity contribution in [2.45, 2.75) is 20.4 Å². The summed E-state index contributed by atoms with van der Waals surface area (Å²) in [5.41, 5.74) is 2.81. The molecule has 0 radical (unpaired) electrons. The molecule has 0 saturated heterocycles. The van der Waals surface area contributed by atoms with E-state index in [0.29, 0.717) is 10.8 Å². The summed E-state index contributed by atoms with van der Waals surface area (Å²) >= 11 is 6.17. The van der Waals surface area contributed by atoms with E-state index in [4.69, 9.17) is 11.6 Å². The van der Waals surface area contributed by atoms with Crippen molar-refractivity contribution in [3.8, 4) is 11.4 Å². The third-order valence-corrected chi connectivity index (χ3v) is 2.91. The number of aryl methyl sites for hydroxylation is 1. The first-order valence-corrected chi connectivity index (χ1v) is 6.38. The summed E-state index contributed by atoms with van der Waals surface area (Å²) in [6.45, 7) is 5.71. The maximum Gasteiger partial charge on any atom is 0.161 e. The molecule has 0 amide bonds. The zero-order valence-corrected chi connectivity index (χ0v) is 11.3. The lowest BCUT2D eigenvalue weighted by Crippen LogP contribution is -2.13. The maximum atomic E-state index is 6.17. The van der Waals surface area contributed by atoms with Gasteiger partial charge in [-0.3, -0.25) is 0 Å². The first kappa shape index (κ1) is 13.0. The summed E-state index contributed by atoms with van der Waals surface area (Å²) in [5.74, 6) is 0.688. The van der Waals surface area contributed by atoms with Gasteiger partial charge in [-0.1, -0.05) is 30.7 Å². The van der Waals surface area contributed by atoms with Gasteiger partial charge in [-0.15, -0.1) is 0 Å². The van der Waals surface area contributed by atoms with E-state index in [-0.39, 0.29) is 0 Å². The van der Waals surface area contributed by atoms with Gasteiger partial charge in [0.05, 0.1) is 10.7 Å². The molecular weight excluding hydrogens is 246 g/mol. The molecular formula is C14H16ClN3. The van der Waals surface area contributed by atoms with Crippen LogP contribution in [-0.2, 0) is 6.54 Å². The van der Waals surface area contributed by atoms with Crippen LogP contribution in [0.1, 0.15) is 18.3 Å². The predicted octanol–water partition coefficient (Wildman–Crippen LogP) is 3.21. The van der Waals surface area contributed by atoms with E-state index in [0.717, 1.165) is 30.0 Å². The van der Waals surface area contributed by atoms with Crippen molar-refractivity contribution in [3.05, 3.63) is 46.7 Å². The first-order chi connectivity index (χ1) is 8.70. The molecule has 0 aliphatic heterocycles. The molecule has 0 aliphatic rings. The topological polar surface area (TPSA) is 37.8 Å². The Morgan fingerprint density at radius 3 is 2.72 bits per heavy atom. The fourth-order valence-electron chi connectivity index (χ4n) is 1.74. The molecule has 0 unspecified atom stereocenters. The van der Waals surface area contributed by atoms with Crippen LogP contribution in [0.3, 0.4) is 0 Å². The second-order valence-electron chi connectivity index (χ2n) is 4.08. The summed E-state index contributed by atoms with van der Waals surface area (Å²) in [6.07, 6.45) is 0. The SMILES string of the molecule is CCNCc1cc(C)nc(-c2ccccc2Cl)n1. The zero-order valence-electron chi connectivity index (χ0n) is 10.6. The quantitative estimate of drug-likeness (QED) is 0.918. The molecule has 0 atom stereocenters. The fourth-order valence-corrected chi connectivity index (χ4v) is 1.96. The lowest BCUT2D eigenvalue weighted by molar-refractivity contribution is 0.708. The van der Waals surface area contributed by atoms with Crippen LogP contribution in [0.4, 0.5) is 0 Å². The van der Waals surface area contributed by atoms with E-state index >= 15 is 0 Å². The van der Waals surface area contributed by atoms with Gasteiger partial charge in [0, 0.05) is 17.8 Å². The van der Waals surface area contributed by atoms with Gasteiger partial charge in [-0.2, -0.15) is 0 Å². The van der Waals surface area contributed by atoms with Gasteiger partial charge in [0.2, 0.25) is 0 Å². The lowest BCUT2D eigenvalue weighted by atomic mass is 10.2. The third kappa shape index (κ3) is 3.06. The molecule has 94 valence electrons. The van der Waals surface area contributed by atoms with Crippen LogP contribution in [0.5, 0.6) is 0 Å². The van der Waals surface area contributed by atoms with Gasteiger partial charge >= 0.3 is 0 Å². The van der Waals surface area contributed by atoms with Gasteiger partial charge < -0.3 is 5.32 Å². The minimum absolute atomic E-state index is 0.678. The Hall–Kier alpha value is -1.45. The van der Waals surface area contributed by atoms with Crippen LogP contribution >= 0.6 is 11.6 Å². The Morgan fingerprint density at radius 2 is 2.00 bits per heavy atom. The van der Waals surface area contributed by atoms with Crippen LogP contribution in [0.2, 0.25) is 5.02 Å². The molecule has 0 saturated carbocycles. The summed E-state index contributed by atoms with van der Waals surface area (Å²) in [4.78, 5) is 8.99. The molecule has 0 spiro atoms. The largest absolute Gasteiger partial charge is 0.311 e. The Bertz CT molecular complexity index is 540. The van der Waals surface area contributed by atoms with Crippen molar-refractivity contribution in [1.29, 1.82) is 0 Å². The van der Waals surface area contributed by atoms with Crippen LogP contribution in [-0.4, -0.2) is 16.5 Å². The van der Waals surface area contributed by atoms with Crippen molar-refractivity contribution >= 4 is 11.6 Å². The molecule has 1 N–H and O–H groups in total. The highest BCUT2D eigenvalue weighted by atomic mass is 35.5. The van der Waals surface area contributed by atoms with Crippen LogP contribution in [0, 0.1) is 6.92 Å². The van der Waals surface area contributed by atoms with Gasteiger partial charge in [0.15, 0.2) is 5.82 Å². The molecule has 2 aromatic rings. The number of rotatable bonds is 4. The van der Waals surface area contributed by atoms with Crippen molar-refractivity contribution in [3.63, 3.8) is 0 Å². The number of hydrogen-bond donors (Lipinski definition) is 1. The number of benzene rings is 1. The van der Waals surface area contributed by atoms with Crippen LogP contribution < -0.4 is 5.32 Å². The normalized spacial score (nSPS) is 10.6. The summed E-state index contributed by atoms with van der Waals surface area (Å²) in [5, 5.41) is 3.94. The van der Waals surface area contributed by atoms with Gasteiger partial charge in [-0.25, -0.2) is 9.97 Å². The van der Waals surface area contributed by atoms with E-state index in [9.17, 15) is 0 Å². The monoisotopic (exact) mass is 261 g/mol. The average Bonchev–Trinajstić information content (AvgIpc) is 2.36. The molecule has 0 bridgehead atoms. The van der Waals surface area contributed by atoms with Crippen molar-refractivity contribution < 1.29 is 0 Å². The van der Waals surface area contributed by atoms with Crippen molar-refractivity contribution in [2.24, 2.45) is 0 Å². The fraction of sp³-hybridized carbons (Fsp3) is 0.286. The smallest absolute Gasteiger partial charge is 0.161 e. The van der Waals surface area contributed by atoms with Gasteiger partial charge in [0.1, 0.15) is 0 Å². The molecule has 3 nitrogen and oxygen atoms in total. The maximum absolute atomic E-state index is 6.17. The van der Waals surface area contributed by atoms with E-state index < -0.39 is 0 Å². The molecule has 2 rings (SSSR count). The average molecular weight is 262 g/mol. The zero-order chi connectivity index (χ0) is 13.0.